The van der Waals surface area contributed by atoms with E-state index < -0.39 is 0 Å². The predicted octanol–water partition coefficient (Wildman–Crippen LogP) is 2.25. The van der Waals surface area contributed by atoms with E-state index in [1.165, 1.54) is 0 Å². The smallest absolute Gasteiger partial charge is 0.257 e. The lowest BCUT2D eigenvalue weighted by Gasteiger charge is -2.10. The summed E-state index contributed by atoms with van der Waals surface area (Å²) in [6.45, 7) is 6.91. The summed E-state index contributed by atoms with van der Waals surface area (Å²) < 4.78 is 5.45. The SMILES string of the molecule is CC(C)CCNC(=O)COc1cccc(C(C)N)c1. The van der Waals surface area contributed by atoms with Crippen molar-refractivity contribution in [2.45, 2.75) is 33.2 Å². The van der Waals surface area contributed by atoms with Crippen molar-refractivity contribution in [3.63, 3.8) is 0 Å². The van der Waals surface area contributed by atoms with Crippen LogP contribution in [0.25, 0.3) is 0 Å². The molecule has 0 bridgehead atoms. The summed E-state index contributed by atoms with van der Waals surface area (Å²) >= 11 is 0. The molecule has 0 aliphatic rings. The van der Waals surface area contributed by atoms with E-state index in [1.54, 1.807) is 0 Å². The Morgan fingerprint density at radius 1 is 1.37 bits per heavy atom. The Morgan fingerprint density at radius 3 is 2.74 bits per heavy atom. The molecule has 0 spiro atoms. The average molecular weight is 264 g/mol. The van der Waals surface area contributed by atoms with E-state index in [4.69, 9.17) is 10.5 Å². The highest BCUT2D eigenvalue weighted by atomic mass is 16.5. The van der Waals surface area contributed by atoms with Crippen LogP contribution in [-0.2, 0) is 4.79 Å². The van der Waals surface area contributed by atoms with Crippen molar-refractivity contribution in [3.8, 4) is 5.75 Å². The second-order valence-corrected chi connectivity index (χ2v) is 5.18. The van der Waals surface area contributed by atoms with Gasteiger partial charge in [-0.25, -0.2) is 0 Å². The van der Waals surface area contributed by atoms with Gasteiger partial charge in [0.1, 0.15) is 5.75 Å². The molecule has 0 heterocycles. The molecule has 0 saturated carbocycles. The number of hydrogen-bond acceptors (Lipinski definition) is 3. The number of ether oxygens (including phenoxy) is 1. The summed E-state index contributed by atoms with van der Waals surface area (Å²) in [5.41, 5.74) is 6.80. The quantitative estimate of drug-likeness (QED) is 0.794. The number of hydrogen-bond donors (Lipinski definition) is 2. The average Bonchev–Trinajstić information content (AvgIpc) is 2.36. The molecule has 1 amide bonds. The van der Waals surface area contributed by atoms with E-state index >= 15 is 0 Å². The molecular weight excluding hydrogens is 240 g/mol. The Morgan fingerprint density at radius 2 is 2.11 bits per heavy atom. The van der Waals surface area contributed by atoms with Crippen molar-refractivity contribution in [1.29, 1.82) is 0 Å². The van der Waals surface area contributed by atoms with Gasteiger partial charge in [0.25, 0.3) is 5.91 Å². The number of nitrogens with two attached hydrogens (primary N) is 1. The summed E-state index contributed by atoms with van der Waals surface area (Å²) in [4.78, 5) is 11.6. The number of amides is 1. The Balaban J connectivity index is 2.35. The normalized spacial score (nSPS) is 12.3. The fraction of sp³-hybridized carbons (Fsp3) is 0.533. The van der Waals surface area contributed by atoms with Gasteiger partial charge < -0.3 is 15.8 Å². The van der Waals surface area contributed by atoms with Crippen LogP contribution >= 0.6 is 0 Å². The van der Waals surface area contributed by atoms with E-state index in [-0.39, 0.29) is 18.6 Å². The Bertz CT molecular complexity index is 403. The second-order valence-electron chi connectivity index (χ2n) is 5.18. The molecule has 1 aromatic rings. The van der Waals surface area contributed by atoms with Crippen molar-refractivity contribution in [2.24, 2.45) is 11.7 Å². The first-order chi connectivity index (χ1) is 8.99. The van der Waals surface area contributed by atoms with Crippen LogP contribution < -0.4 is 15.8 Å². The maximum absolute atomic E-state index is 11.6. The molecule has 4 heteroatoms. The van der Waals surface area contributed by atoms with Crippen molar-refractivity contribution in [2.75, 3.05) is 13.2 Å². The highest BCUT2D eigenvalue weighted by Gasteiger charge is 2.05. The second kappa shape index (κ2) is 7.79. The van der Waals surface area contributed by atoms with Crippen molar-refractivity contribution >= 4 is 5.91 Å². The van der Waals surface area contributed by atoms with E-state index in [1.807, 2.05) is 31.2 Å². The number of nitrogens with one attached hydrogen (secondary N) is 1. The van der Waals surface area contributed by atoms with Crippen LogP contribution in [0.1, 0.15) is 38.8 Å². The summed E-state index contributed by atoms with van der Waals surface area (Å²) in [5, 5.41) is 2.83. The molecule has 0 radical (unpaired) electrons. The predicted molar refractivity (Wildman–Crippen MR) is 77.0 cm³/mol. The zero-order chi connectivity index (χ0) is 14.3. The third-order valence-corrected chi connectivity index (χ3v) is 2.80. The fourth-order valence-electron chi connectivity index (χ4n) is 1.59. The zero-order valence-electron chi connectivity index (χ0n) is 12.0. The highest BCUT2D eigenvalue weighted by Crippen LogP contribution is 2.17. The molecule has 0 aliphatic carbocycles. The molecule has 0 aliphatic heterocycles. The Labute approximate surface area is 115 Å². The molecule has 1 rings (SSSR count). The number of carbonyl (C=O) groups excluding carboxylic acids is 1. The van der Waals surface area contributed by atoms with Gasteiger partial charge in [0.15, 0.2) is 6.61 Å². The van der Waals surface area contributed by atoms with Gasteiger partial charge in [-0.15, -0.1) is 0 Å². The molecular formula is C15H24N2O2. The number of benzene rings is 1. The number of carbonyl (C=O) groups is 1. The van der Waals surface area contributed by atoms with Crippen LogP contribution in [0, 0.1) is 5.92 Å². The lowest BCUT2D eigenvalue weighted by Crippen LogP contribution is -2.30. The molecule has 19 heavy (non-hydrogen) atoms. The third kappa shape index (κ3) is 6.25. The van der Waals surface area contributed by atoms with E-state index in [0.29, 0.717) is 18.2 Å². The zero-order valence-corrected chi connectivity index (χ0v) is 12.0. The van der Waals surface area contributed by atoms with E-state index in [0.717, 1.165) is 12.0 Å². The van der Waals surface area contributed by atoms with Crippen LogP contribution in [0.5, 0.6) is 5.75 Å². The Hall–Kier alpha value is -1.55. The van der Waals surface area contributed by atoms with Crippen LogP contribution in [0.15, 0.2) is 24.3 Å². The highest BCUT2D eigenvalue weighted by molar-refractivity contribution is 5.77. The van der Waals surface area contributed by atoms with Crippen LogP contribution in [-0.4, -0.2) is 19.1 Å². The van der Waals surface area contributed by atoms with Gasteiger partial charge in [-0.05, 0) is 37.0 Å². The van der Waals surface area contributed by atoms with Crippen molar-refractivity contribution in [3.05, 3.63) is 29.8 Å². The minimum absolute atomic E-state index is 0.0385. The van der Waals surface area contributed by atoms with E-state index in [9.17, 15) is 4.79 Å². The summed E-state index contributed by atoms with van der Waals surface area (Å²) in [6.07, 6.45) is 0.978. The molecule has 1 atom stereocenters. The van der Waals surface area contributed by atoms with Crippen LogP contribution in [0.2, 0.25) is 0 Å². The van der Waals surface area contributed by atoms with Crippen LogP contribution in [0.3, 0.4) is 0 Å². The van der Waals surface area contributed by atoms with Gasteiger partial charge in [0, 0.05) is 12.6 Å². The molecule has 0 saturated heterocycles. The van der Waals surface area contributed by atoms with Gasteiger partial charge in [-0.2, -0.15) is 0 Å². The largest absolute Gasteiger partial charge is 0.484 e. The topological polar surface area (TPSA) is 64.3 Å². The summed E-state index contributed by atoms with van der Waals surface area (Å²) in [5.74, 6) is 1.17. The Kier molecular flexibility index (Phi) is 6.36. The summed E-state index contributed by atoms with van der Waals surface area (Å²) in [7, 11) is 0. The lowest BCUT2D eigenvalue weighted by molar-refractivity contribution is -0.123. The molecule has 1 aromatic carbocycles. The van der Waals surface area contributed by atoms with Gasteiger partial charge in [0.05, 0.1) is 0 Å². The minimum Gasteiger partial charge on any atom is -0.484 e. The minimum atomic E-state index is -0.0909. The van der Waals surface area contributed by atoms with Crippen molar-refractivity contribution < 1.29 is 9.53 Å². The lowest BCUT2D eigenvalue weighted by atomic mass is 10.1. The van der Waals surface area contributed by atoms with Gasteiger partial charge in [0.2, 0.25) is 0 Å². The van der Waals surface area contributed by atoms with Gasteiger partial charge in [-0.3, -0.25) is 4.79 Å². The molecule has 0 aromatic heterocycles. The molecule has 106 valence electrons. The standard InChI is InChI=1S/C15H24N2O2/c1-11(2)7-8-17-15(18)10-19-14-6-4-5-13(9-14)12(3)16/h4-6,9,11-12H,7-8,10,16H2,1-3H3,(H,17,18). The molecule has 1 unspecified atom stereocenters. The maximum atomic E-state index is 11.6. The first-order valence-electron chi connectivity index (χ1n) is 6.74. The van der Waals surface area contributed by atoms with E-state index in [2.05, 4.69) is 19.2 Å². The monoisotopic (exact) mass is 264 g/mol. The molecule has 4 nitrogen and oxygen atoms in total. The fourth-order valence-corrected chi connectivity index (χ4v) is 1.59. The van der Waals surface area contributed by atoms with Gasteiger partial charge in [-0.1, -0.05) is 26.0 Å². The van der Waals surface area contributed by atoms with Gasteiger partial charge >= 0.3 is 0 Å². The molecule has 0 fully saturated rings. The third-order valence-electron chi connectivity index (χ3n) is 2.80. The molecule has 3 N–H and O–H groups in total. The van der Waals surface area contributed by atoms with Crippen LogP contribution in [0.4, 0.5) is 0 Å². The first-order valence-corrected chi connectivity index (χ1v) is 6.74. The van der Waals surface area contributed by atoms with Crippen molar-refractivity contribution in [1.82, 2.24) is 5.32 Å². The maximum Gasteiger partial charge on any atom is 0.257 e. The first kappa shape index (κ1) is 15.5. The summed E-state index contributed by atoms with van der Waals surface area (Å²) in [6, 6.07) is 7.48. The number of rotatable bonds is 7.